The van der Waals surface area contributed by atoms with Crippen molar-refractivity contribution in [1.82, 2.24) is 5.32 Å². The zero-order valence-corrected chi connectivity index (χ0v) is 12.3. The molecule has 1 unspecified atom stereocenters. The summed E-state index contributed by atoms with van der Waals surface area (Å²) in [5, 5.41) is 13.0. The smallest absolute Gasteiger partial charge is 0.126 e. The molecule has 0 aromatic heterocycles. The van der Waals surface area contributed by atoms with Crippen LogP contribution in [-0.2, 0) is 13.0 Å². The van der Waals surface area contributed by atoms with Gasteiger partial charge in [0.2, 0.25) is 0 Å². The van der Waals surface area contributed by atoms with Gasteiger partial charge in [0.1, 0.15) is 29.7 Å². The fourth-order valence-electron chi connectivity index (χ4n) is 2.56. The topological polar surface area (TPSA) is 50.7 Å². The van der Waals surface area contributed by atoms with Crippen LogP contribution in [0.15, 0.2) is 36.4 Å². The van der Waals surface area contributed by atoms with E-state index < -0.39 is 0 Å². The minimum atomic E-state index is -0.355. The summed E-state index contributed by atoms with van der Waals surface area (Å²) in [6.45, 7) is 0.916. The Morgan fingerprint density at radius 1 is 1.32 bits per heavy atom. The van der Waals surface area contributed by atoms with Crippen molar-refractivity contribution in [1.29, 1.82) is 0 Å². The third-order valence-electron chi connectivity index (χ3n) is 3.80. The average Bonchev–Trinajstić information content (AvgIpc) is 2.55. The second-order valence-corrected chi connectivity index (χ2v) is 5.34. The van der Waals surface area contributed by atoms with E-state index >= 15 is 0 Å². The highest BCUT2D eigenvalue weighted by atomic mass is 19.1. The summed E-state index contributed by atoms with van der Waals surface area (Å²) in [4.78, 5) is 0. The Balaban J connectivity index is 1.64. The maximum atomic E-state index is 13.2. The number of hydrogen-bond donors (Lipinski definition) is 2. The first kappa shape index (κ1) is 14.7. The Hall–Kier alpha value is -2.27. The Morgan fingerprint density at radius 3 is 3.00 bits per heavy atom. The first-order valence-corrected chi connectivity index (χ1v) is 7.16. The zero-order chi connectivity index (χ0) is 15.5. The Morgan fingerprint density at radius 2 is 2.18 bits per heavy atom. The highest BCUT2D eigenvalue weighted by Crippen LogP contribution is 2.29. The molecule has 4 nitrogen and oxygen atoms in total. The minimum absolute atomic E-state index is 0.0933. The molecule has 0 spiro atoms. The molecule has 0 saturated carbocycles. The van der Waals surface area contributed by atoms with Crippen LogP contribution in [0.3, 0.4) is 0 Å². The standard InChI is InChI=1S/C17H18FNO3/c1-21-15-4-2-11-7-14(10-22-17(11)8-15)19-9-12-6-13(18)3-5-16(12)20/h2-6,8,14,19-20H,7,9-10H2,1H3. The SMILES string of the molecule is COc1ccc2c(c1)OCC(NCc1cc(F)ccc1O)C2. The molecule has 5 heteroatoms. The summed E-state index contributed by atoms with van der Waals surface area (Å²) in [5.74, 6) is 1.35. The molecule has 1 heterocycles. The normalized spacial score (nSPS) is 16.7. The van der Waals surface area contributed by atoms with Crippen molar-refractivity contribution >= 4 is 0 Å². The van der Waals surface area contributed by atoms with E-state index in [9.17, 15) is 9.50 Å². The number of benzene rings is 2. The fourth-order valence-corrected chi connectivity index (χ4v) is 2.56. The van der Waals surface area contributed by atoms with Gasteiger partial charge >= 0.3 is 0 Å². The molecule has 3 rings (SSSR count). The molecular formula is C17H18FNO3. The van der Waals surface area contributed by atoms with Crippen molar-refractivity contribution in [2.45, 2.75) is 19.0 Å². The number of halogens is 1. The van der Waals surface area contributed by atoms with Crippen LogP contribution in [0.5, 0.6) is 17.2 Å². The summed E-state index contributed by atoms with van der Waals surface area (Å²) in [6, 6.07) is 9.83. The number of phenolic OH excluding ortho intramolecular Hbond substituents is 1. The number of methoxy groups -OCH3 is 1. The summed E-state index contributed by atoms with van der Waals surface area (Å²) < 4.78 is 24.1. The molecule has 116 valence electrons. The van der Waals surface area contributed by atoms with Crippen LogP contribution < -0.4 is 14.8 Å². The molecule has 0 amide bonds. The van der Waals surface area contributed by atoms with Crippen LogP contribution in [0.1, 0.15) is 11.1 Å². The quantitative estimate of drug-likeness (QED) is 0.911. The van der Waals surface area contributed by atoms with Gasteiger partial charge in [0, 0.05) is 24.2 Å². The van der Waals surface area contributed by atoms with Crippen molar-refractivity contribution in [3.05, 3.63) is 53.3 Å². The number of ether oxygens (including phenoxy) is 2. The lowest BCUT2D eigenvalue weighted by Gasteiger charge is -2.26. The van der Waals surface area contributed by atoms with Gasteiger partial charge in [-0.1, -0.05) is 6.07 Å². The third kappa shape index (κ3) is 3.14. The maximum absolute atomic E-state index is 13.2. The molecule has 2 N–H and O–H groups in total. The molecule has 2 aromatic carbocycles. The van der Waals surface area contributed by atoms with Gasteiger partial charge in [-0.25, -0.2) is 4.39 Å². The Bertz CT molecular complexity index is 675. The second-order valence-electron chi connectivity index (χ2n) is 5.34. The van der Waals surface area contributed by atoms with Gasteiger partial charge in [0.15, 0.2) is 0 Å². The maximum Gasteiger partial charge on any atom is 0.126 e. The van der Waals surface area contributed by atoms with Crippen LogP contribution in [0.4, 0.5) is 4.39 Å². The van der Waals surface area contributed by atoms with E-state index in [1.54, 1.807) is 7.11 Å². The van der Waals surface area contributed by atoms with E-state index in [4.69, 9.17) is 9.47 Å². The van der Waals surface area contributed by atoms with Gasteiger partial charge in [-0.2, -0.15) is 0 Å². The van der Waals surface area contributed by atoms with Crippen LogP contribution in [0.25, 0.3) is 0 Å². The number of rotatable bonds is 4. The lowest BCUT2D eigenvalue weighted by atomic mass is 10.0. The summed E-state index contributed by atoms with van der Waals surface area (Å²) in [7, 11) is 1.63. The van der Waals surface area contributed by atoms with Gasteiger partial charge in [-0.3, -0.25) is 0 Å². The van der Waals surface area contributed by atoms with E-state index in [2.05, 4.69) is 5.32 Å². The summed E-state index contributed by atoms with van der Waals surface area (Å²) >= 11 is 0. The molecule has 1 atom stereocenters. The minimum Gasteiger partial charge on any atom is -0.508 e. The van der Waals surface area contributed by atoms with Gasteiger partial charge in [-0.05, 0) is 36.2 Å². The van der Waals surface area contributed by atoms with Crippen molar-refractivity contribution in [2.24, 2.45) is 0 Å². The molecule has 1 aliphatic rings. The molecule has 0 aliphatic carbocycles. The number of nitrogens with one attached hydrogen (secondary N) is 1. The van der Waals surface area contributed by atoms with E-state index in [0.29, 0.717) is 18.7 Å². The van der Waals surface area contributed by atoms with Gasteiger partial charge in [0.05, 0.1) is 7.11 Å². The van der Waals surface area contributed by atoms with Crippen molar-refractivity contribution in [2.75, 3.05) is 13.7 Å². The van der Waals surface area contributed by atoms with Crippen LogP contribution in [-0.4, -0.2) is 24.9 Å². The van der Waals surface area contributed by atoms with Crippen LogP contribution in [0.2, 0.25) is 0 Å². The summed E-state index contributed by atoms with van der Waals surface area (Å²) in [5.41, 5.74) is 1.65. The molecule has 0 saturated heterocycles. The number of aromatic hydroxyl groups is 1. The predicted molar refractivity (Wildman–Crippen MR) is 80.9 cm³/mol. The molecule has 1 aliphatic heterocycles. The fraction of sp³-hybridized carbons (Fsp3) is 0.294. The monoisotopic (exact) mass is 303 g/mol. The largest absolute Gasteiger partial charge is 0.508 e. The van der Waals surface area contributed by atoms with Gasteiger partial charge < -0.3 is 19.9 Å². The van der Waals surface area contributed by atoms with E-state index in [0.717, 1.165) is 23.5 Å². The van der Waals surface area contributed by atoms with Gasteiger partial charge in [0.25, 0.3) is 0 Å². The van der Waals surface area contributed by atoms with E-state index in [1.165, 1.54) is 18.2 Å². The highest BCUT2D eigenvalue weighted by molar-refractivity contribution is 5.42. The lowest BCUT2D eigenvalue weighted by molar-refractivity contribution is 0.236. The summed E-state index contributed by atoms with van der Waals surface area (Å²) in [6.07, 6.45) is 0.815. The predicted octanol–water partition coefficient (Wildman–Crippen LogP) is 2.63. The van der Waals surface area contributed by atoms with Gasteiger partial charge in [-0.15, -0.1) is 0 Å². The van der Waals surface area contributed by atoms with E-state index in [-0.39, 0.29) is 17.6 Å². The molecule has 0 bridgehead atoms. The third-order valence-corrected chi connectivity index (χ3v) is 3.80. The van der Waals surface area contributed by atoms with Crippen LogP contribution >= 0.6 is 0 Å². The molecular weight excluding hydrogens is 285 g/mol. The number of fused-ring (bicyclic) bond motifs is 1. The Labute approximate surface area is 128 Å². The molecule has 2 aromatic rings. The molecule has 0 radical (unpaired) electrons. The number of hydrogen-bond acceptors (Lipinski definition) is 4. The first-order chi connectivity index (χ1) is 10.7. The molecule has 22 heavy (non-hydrogen) atoms. The average molecular weight is 303 g/mol. The lowest BCUT2D eigenvalue weighted by Crippen LogP contribution is -2.38. The molecule has 0 fully saturated rings. The van der Waals surface area contributed by atoms with Crippen molar-refractivity contribution in [3.63, 3.8) is 0 Å². The first-order valence-electron chi connectivity index (χ1n) is 7.16. The van der Waals surface area contributed by atoms with E-state index in [1.807, 2.05) is 18.2 Å². The number of phenols is 1. The van der Waals surface area contributed by atoms with Crippen molar-refractivity contribution in [3.8, 4) is 17.2 Å². The second kappa shape index (κ2) is 6.23. The van der Waals surface area contributed by atoms with Crippen LogP contribution in [0, 0.1) is 5.82 Å². The van der Waals surface area contributed by atoms with Crippen molar-refractivity contribution < 1.29 is 19.0 Å². The Kier molecular flexibility index (Phi) is 4.15. The highest BCUT2D eigenvalue weighted by Gasteiger charge is 2.20. The zero-order valence-electron chi connectivity index (χ0n) is 12.3.